The Morgan fingerprint density at radius 2 is 2.05 bits per heavy atom. The Kier molecular flexibility index (Phi) is 2.75. The maximum Gasteiger partial charge on any atom is 0.227 e. The lowest BCUT2D eigenvalue weighted by Gasteiger charge is -1.99. The van der Waals surface area contributed by atoms with Crippen LogP contribution in [0.15, 0.2) is 40.8 Å². The molecular formula is C16H16N2O. The van der Waals surface area contributed by atoms with Gasteiger partial charge in [0, 0.05) is 11.3 Å². The zero-order valence-corrected chi connectivity index (χ0v) is 11.1. The third kappa shape index (κ3) is 2.08. The third-order valence-electron chi connectivity index (χ3n) is 3.24. The molecule has 0 aliphatic rings. The normalized spacial score (nSPS) is 11.1. The van der Waals surface area contributed by atoms with E-state index in [1.165, 1.54) is 5.56 Å². The number of nitrogen functional groups attached to an aromatic ring is 1. The molecule has 0 aliphatic heterocycles. The lowest BCUT2D eigenvalue weighted by molar-refractivity contribution is 0.615. The fourth-order valence-electron chi connectivity index (χ4n) is 2.29. The van der Waals surface area contributed by atoms with Crippen LogP contribution in [0.1, 0.15) is 18.1 Å². The molecule has 2 N–H and O–H groups in total. The number of aromatic nitrogens is 1. The second-order valence-electron chi connectivity index (χ2n) is 4.77. The SMILES string of the molecule is CCc1cc(N)cc2nc(-c3cccc(C)c3)oc12. The fraction of sp³-hybridized carbons (Fsp3) is 0.188. The van der Waals surface area contributed by atoms with Gasteiger partial charge >= 0.3 is 0 Å². The van der Waals surface area contributed by atoms with Crippen LogP contribution in [-0.2, 0) is 6.42 Å². The smallest absolute Gasteiger partial charge is 0.227 e. The first kappa shape index (κ1) is 11.8. The molecule has 0 radical (unpaired) electrons. The molecule has 3 rings (SSSR count). The topological polar surface area (TPSA) is 52.0 Å². The van der Waals surface area contributed by atoms with Crippen LogP contribution in [0, 0.1) is 6.92 Å². The van der Waals surface area contributed by atoms with E-state index in [0.717, 1.165) is 34.3 Å². The average molecular weight is 252 g/mol. The summed E-state index contributed by atoms with van der Waals surface area (Å²) in [6.45, 7) is 4.14. The zero-order chi connectivity index (χ0) is 13.4. The molecule has 19 heavy (non-hydrogen) atoms. The summed E-state index contributed by atoms with van der Waals surface area (Å²) >= 11 is 0. The van der Waals surface area contributed by atoms with Crippen molar-refractivity contribution >= 4 is 16.8 Å². The van der Waals surface area contributed by atoms with E-state index in [1.807, 2.05) is 24.3 Å². The highest BCUT2D eigenvalue weighted by Gasteiger charge is 2.12. The minimum absolute atomic E-state index is 0.652. The summed E-state index contributed by atoms with van der Waals surface area (Å²) in [5.74, 6) is 0.652. The summed E-state index contributed by atoms with van der Waals surface area (Å²) in [6.07, 6.45) is 0.879. The van der Waals surface area contributed by atoms with E-state index in [9.17, 15) is 0 Å². The lowest BCUT2D eigenvalue weighted by Crippen LogP contribution is -1.88. The van der Waals surface area contributed by atoms with Crippen molar-refractivity contribution in [1.82, 2.24) is 4.98 Å². The second-order valence-corrected chi connectivity index (χ2v) is 4.77. The van der Waals surface area contributed by atoms with Gasteiger partial charge in [0.2, 0.25) is 5.89 Å². The van der Waals surface area contributed by atoms with Gasteiger partial charge < -0.3 is 10.2 Å². The standard InChI is InChI=1S/C16H16N2O/c1-3-11-8-13(17)9-14-15(11)19-16(18-14)12-6-4-5-10(2)7-12/h4-9H,3,17H2,1-2H3. The Morgan fingerprint density at radius 1 is 1.21 bits per heavy atom. The number of hydrogen-bond acceptors (Lipinski definition) is 3. The largest absolute Gasteiger partial charge is 0.436 e. The third-order valence-corrected chi connectivity index (χ3v) is 3.24. The number of nitrogens with two attached hydrogens (primary N) is 1. The molecule has 0 atom stereocenters. The Bertz CT molecular complexity index is 744. The van der Waals surface area contributed by atoms with Crippen LogP contribution in [-0.4, -0.2) is 4.98 Å². The monoisotopic (exact) mass is 252 g/mol. The molecular weight excluding hydrogens is 236 g/mol. The van der Waals surface area contributed by atoms with Crippen LogP contribution in [0.2, 0.25) is 0 Å². The summed E-state index contributed by atoms with van der Waals surface area (Å²) in [4.78, 5) is 4.55. The summed E-state index contributed by atoms with van der Waals surface area (Å²) in [7, 11) is 0. The zero-order valence-electron chi connectivity index (χ0n) is 11.1. The van der Waals surface area contributed by atoms with Gasteiger partial charge in [-0.1, -0.05) is 24.6 Å². The van der Waals surface area contributed by atoms with Gasteiger partial charge in [0.25, 0.3) is 0 Å². The van der Waals surface area contributed by atoms with Gasteiger partial charge in [-0.05, 0) is 43.2 Å². The van der Waals surface area contributed by atoms with Gasteiger partial charge in [-0.25, -0.2) is 4.98 Å². The predicted octanol–water partition coefficient (Wildman–Crippen LogP) is 3.95. The molecule has 0 aliphatic carbocycles. The molecule has 0 fully saturated rings. The van der Waals surface area contributed by atoms with Gasteiger partial charge in [0.15, 0.2) is 5.58 Å². The summed E-state index contributed by atoms with van der Waals surface area (Å²) < 4.78 is 5.92. The Balaban J connectivity index is 2.21. The number of anilines is 1. The van der Waals surface area contributed by atoms with Crippen molar-refractivity contribution in [2.75, 3.05) is 5.73 Å². The summed E-state index contributed by atoms with van der Waals surface area (Å²) in [6, 6.07) is 12.0. The Labute approximate surface area is 112 Å². The van der Waals surface area contributed by atoms with E-state index >= 15 is 0 Å². The van der Waals surface area contributed by atoms with Crippen molar-refractivity contribution in [3.63, 3.8) is 0 Å². The highest BCUT2D eigenvalue weighted by Crippen LogP contribution is 2.29. The van der Waals surface area contributed by atoms with Crippen molar-refractivity contribution in [1.29, 1.82) is 0 Å². The molecule has 3 aromatic rings. The molecule has 0 unspecified atom stereocenters. The van der Waals surface area contributed by atoms with Crippen molar-refractivity contribution in [3.8, 4) is 11.5 Å². The Hall–Kier alpha value is -2.29. The molecule has 1 heterocycles. The van der Waals surface area contributed by atoms with Gasteiger partial charge in [-0.2, -0.15) is 0 Å². The van der Waals surface area contributed by atoms with Crippen molar-refractivity contribution in [2.45, 2.75) is 20.3 Å². The minimum Gasteiger partial charge on any atom is -0.436 e. The molecule has 2 aromatic carbocycles. The van der Waals surface area contributed by atoms with E-state index < -0.39 is 0 Å². The molecule has 96 valence electrons. The highest BCUT2D eigenvalue weighted by atomic mass is 16.3. The van der Waals surface area contributed by atoms with Gasteiger partial charge in [0.1, 0.15) is 5.52 Å². The Morgan fingerprint density at radius 3 is 2.79 bits per heavy atom. The molecule has 0 amide bonds. The van der Waals surface area contributed by atoms with E-state index in [0.29, 0.717) is 5.89 Å². The first-order valence-electron chi connectivity index (χ1n) is 6.43. The molecule has 0 spiro atoms. The van der Waals surface area contributed by atoms with Crippen LogP contribution in [0.3, 0.4) is 0 Å². The van der Waals surface area contributed by atoms with Crippen LogP contribution < -0.4 is 5.73 Å². The van der Waals surface area contributed by atoms with E-state index in [2.05, 4.69) is 31.0 Å². The van der Waals surface area contributed by atoms with E-state index in [1.54, 1.807) is 0 Å². The number of fused-ring (bicyclic) bond motifs is 1. The van der Waals surface area contributed by atoms with E-state index in [-0.39, 0.29) is 0 Å². The highest BCUT2D eigenvalue weighted by molar-refractivity contribution is 5.82. The first-order valence-corrected chi connectivity index (χ1v) is 6.43. The van der Waals surface area contributed by atoms with Crippen molar-refractivity contribution < 1.29 is 4.42 Å². The number of hydrogen-bond donors (Lipinski definition) is 1. The van der Waals surface area contributed by atoms with Crippen LogP contribution >= 0.6 is 0 Å². The molecule has 0 saturated heterocycles. The average Bonchev–Trinajstić information content (AvgIpc) is 2.81. The van der Waals surface area contributed by atoms with Crippen LogP contribution in [0.5, 0.6) is 0 Å². The van der Waals surface area contributed by atoms with Crippen LogP contribution in [0.4, 0.5) is 5.69 Å². The number of benzene rings is 2. The molecule has 0 saturated carbocycles. The lowest BCUT2D eigenvalue weighted by atomic mass is 10.1. The molecule has 0 bridgehead atoms. The number of oxazole rings is 1. The van der Waals surface area contributed by atoms with E-state index in [4.69, 9.17) is 10.2 Å². The second kappa shape index (κ2) is 4.43. The van der Waals surface area contributed by atoms with Crippen LogP contribution in [0.25, 0.3) is 22.6 Å². The number of aryl methyl sites for hydroxylation is 2. The summed E-state index contributed by atoms with van der Waals surface area (Å²) in [5.41, 5.74) is 11.6. The van der Waals surface area contributed by atoms with Gasteiger partial charge in [-0.3, -0.25) is 0 Å². The van der Waals surface area contributed by atoms with Gasteiger partial charge in [0.05, 0.1) is 0 Å². The number of nitrogens with zero attached hydrogens (tertiary/aromatic N) is 1. The van der Waals surface area contributed by atoms with Crippen molar-refractivity contribution in [3.05, 3.63) is 47.5 Å². The maximum atomic E-state index is 5.92. The fourth-order valence-corrected chi connectivity index (χ4v) is 2.29. The molecule has 3 nitrogen and oxygen atoms in total. The van der Waals surface area contributed by atoms with Crippen molar-refractivity contribution in [2.24, 2.45) is 0 Å². The summed E-state index contributed by atoms with van der Waals surface area (Å²) in [5, 5.41) is 0. The molecule has 1 aromatic heterocycles. The minimum atomic E-state index is 0.652. The molecule has 3 heteroatoms. The van der Waals surface area contributed by atoms with Gasteiger partial charge in [-0.15, -0.1) is 0 Å². The number of rotatable bonds is 2. The predicted molar refractivity (Wildman–Crippen MR) is 78.0 cm³/mol. The first-order chi connectivity index (χ1) is 9.17. The quantitative estimate of drug-likeness (QED) is 0.702. The maximum absolute atomic E-state index is 5.92.